The minimum Gasteiger partial charge on any atom is -0.468 e. The molecule has 1 aliphatic heterocycles. The second-order valence-electron chi connectivity index (χ2n) is 5.52. The quantitative estimate of drug-likeness (QED) is 0.673. The van der Waals surface area contributed by atoms with Gasteiger partial charge in [0, 0.05) is 24.8 Å². The van der Waals surface area contributed by atoms with Crippen molar-refractivity contribution in [2.75, 3.05) is 31.7 Å². The lowest BCUT2D eigenvalue weighted by molar-refractivity contribution is -0.137. The molecule has 1 saturated heterocycles. The highest BCUT2D eigenvalue weighted by Gasteiger charge is 2.28. The van der Waals surface area contributed by atoms with Crippen LogP contribution in [-0.2, 0) is 24.2 Å². The van der Waals surface area contributed by atoms with Gasteiger partial charge in [0.05, 0.1) is 23.5 Å². The van der Waals surface area contributed by atoms with Gasteiger partial charge in [-0.3, -0.25) is 9.59 Å². The zero-order chi connectivity index (χ0) is 17.6. The second-order valence-corrected chi connectivity index (χ2v) is 8.92. The maximum absolute atomic E-state index is 12.2. The average Bonchev–Trinajstić information content (AvgIpc) is 3.07. The van der Waals surface area contributed by atoms with Crippen molar-refractivity contribution in [3.8, 4) is 0 Å². The molecule has 6 nitrogen and oxygen atoms in total. The van der Waals surface area contributed by atoms with Crippen LogP contribution in [0, 0.1) is 0 Å². The molecule has 2 rings (SSSR count). The SMILES string of the molecule is COC(=O)CS[C@@H]1CCN(C(=O)CCS(=O)(=O)c2ccccc2)C1. The molecule has 1 aromatic carbocycles. The number of ether oxygens (including phenoxy) is 1. The van der Waals surface area contributed by atoms with E-state index in [2.05, 4.69) is 4.74 Å². The number of hydrogen-bond donors (Lipinski definition) is 0. The Bertz CT molecular complexity index is 675. The fourth-order valence-corrected chi connectivity index (χ4v) is 4.76. The van der Waals surface area contributed by atoms with Gasteiger partial charge in [-0.15, -0.1) is 11.8 Å². The molecule has 1 aliphatic rings. The molecule has 0 spiro atoms. The first-order valence-corrected chi connectivity index (χ1v) is 10.4. The van der Waals surface area contributed by atoms with Crippen molar-refractivity contribution in [2.45, 2.75) is 23.0 Å². The molecule has 24 heavy (non-hydrogen) atoms. The van der Waals surface area contributed by atoms with Gasteiger partial charge in [0.2, 0.25) is 5.91 Å². The molecule has 1 atom stereocenters. The summed E-state index contributed by atoms with van der Waals surface area (Å²) >= 11 is 1.47. The number of benzene rings is 1. The average molecular weight is 371 g/mol. The van der Waals surface area contributed by atoms with Crippen molar-refractivity contribution >= 4 is 33.5 Å². The first kappa shape index (κ1) is 18.8. The number of sulfone groups is 1. The third-order valence-electron chi connectivity index (χ3n) is 3.85. The van der Waals surface area contributed by atoms with Crippen LogP contribution >= 0.6 is 11.8 Å². The van der Waals surface area contributed by atoms with E-state index in [1.807, 2.05) is 0 Å². The van der Waals surface area contributed by atoms with Crippen molar-refractivity contribution in [3.63, 3.8) is 0 Å². The Labute approximate surface area is 146 Å². The van der Waals surface area contributed by atoms with Crippen LogP contribution in [0.15, 0.2) is 35.2 Å². The van der Waals surface area contributed by atoms with Crippen LogP contribution in [0.3, 0.4) is 0 Å². The molecular weight excluding hydrogens is 350 g/mol. The van der Waals surface area contributed by atoms with E-state index in [9.17, 15) is 18.0 Å². The minimum atomic E-state index is -3.44. The van der Waals surface area contributed by atoms with Crippen molar-refractivity contribution < 1.29 is 22.7 Å². The summed E-state index contributed by atoms with van der Waals surface area (Å²) in [5.41, 5.74) is 0. The summed E-state index contributed by atoms with van der Waals surface area (Å²) in [6.07, 6.45) is 0.782. The fraction of sp³-hybridized carbons (Fsp3) is 0.500. The molecule has 1 fully saturated rings. The predicted molar refractivity (Wildman–Crippen MR) is 92.6 cm³/mol. The normalized spacial score (nSPS) is 17.7. The van der Waals surface area contributed by atoms with Crippen LogP contribution in [0.4, 0.5) is 0 Å². The number of hydrogen-bond acceptors (Lipinski definition) is 6. The van der Waals surface area contributed by atoms with Gasteiger partial charge in [-0.25, -0.2) is 8.42 Å². The van der Waals surface area contributed by atoms with E-state index < -0.39 is 9.84 Å². The van der Waals surface area contributed by atoms with Crippen LogP contribution in [0.25, 0.3) is 0 Å². The number of thioether (sulfide) groups is 1. The predicted octanol–water partition coefficient (Wildman–Crippen LogP) is 1.36. The summed E-state index contributed by atoms with van der Waals surface area (Å²) in [6, 6.07) is 8.15. The summed E-state index contributed by atoms with van der Waals surface area (Å²) in [5, 5.41) is 0.193. The van der Waals surface area contributed by atoms with E-state index in [-0.39, 0.29) is 39.9 Å². The number of carbonyl (C=O) groups excluding carboxylic acids is 2. The number of likely N-dealkylation sites (tertiary alicyclic amines) is 1. The Balaban J connectivity index is 1.80. The number of amides is 1. The van der Waals surface area contributed by atoms with E-state index >= 15 is 0 Å². The van der Waals surface area contributed by atoms with Gasteiger partial charge in [0.15, 0.2) is 9.84 Å². The Kier molecular flexibility index (Phi) is 6.68. The topological polar surface area (TPSA) is 80.8 Å². The molecular formula is C16H21NO5S2. The minimum absolute atomic E-state index is 0.0222. The molecule has 1 aromatic rings. The molecule has 0 N–H and O–H groups in total. The zero-order valence-electron chi connectivity index (χ0n) is 13.5. The van der Waals surface area contributed by atoms with Crippen LogP contribution in [0.2, 0.25) is 0 Å². The summed E-state index contributed by atoms with van der Waals surface area (Å²) < 4.78 is 29.0. The number of carbonyl (C=O) groups is 2. The zero-order valence-corrected chi connectivity index (χ0v) is 15.1. The van der Waals surface area contributed by atoms with Gasteiger partial charge in [0.1, 0.15) is 0 Å². The molecule has 0 bridgehead atoms. The lowest BCUT2D eigenvalue weighted by atomic mass is 10.4. The molecule has 0 unspecified atom stereocenters. The Morgan fingerprint density at radius 1 is 1.29 bits per heavy atom. The fourth-order valence-electron chi connectivity index (χ4n) is 2.46. The smallest absolute Gasteiger partial charge is 0.315 e. The van der Waals surface area contributed by atoms with Crippen molar-refractivity contribution in [2.24, 2.45) is 0 Å². The Hall–Kier alpha value is -1.54. The van der Waals surface area contributed by atoms with Gasteiger partial charge in [-0.2, -0.15) is 0 Å². The van der Waals surface area contributed by atoms with Gasteiger partial charge >= 0.3 is 5.97 Å². The largest absolute Gasteiger partial charge is 0.468 e. The van der Waals surface area contributed by atoms with E-state index in [4.69, 9.17) is 0 Å². The van der Waals surface area contributed by atoms with Gasteiger partial charge in [0.25, 0.3) is 0 Å². The van der Waals surface area contributed by atoms with E-state index in [1.54, 1.807) is 23.1 Å². The summed E-state index contributed by atoms with van der Waals surface area (Å²) in [4.78, 5) is 25.3. The van der Waals surface area contributed by atoms with Crippen LogP contribution < -0.4 is 0 Å². The van der Waals surface area contributed by atoms with Crippen molar-refractivity contribution in [3.05, 3.63) is 30.3 Å². The number of nitrogens with zero attached hydrogens (tertiary/aromatic N) is 1. The summed E-state index contributed by atoms with van der Waals surface area (Å²) in [6.45, 7) is 1.15. The van der Waals surface area contributed by atoms with Crippen molar-refractivity contribution in [1.29, 1.82) is 0 Å². The maximum Gasteiger partial charge on any atom is 0.315 e. The standard InChI is InChI=1S/C16H21NO5S2/c1-22-16(19)12-23-13-7-9-17(11-13)15(18)8-10-24(20,21)14-5-3-2-4-6-14/h2-6,13H,7-12H2,1H3/t13-/m1/s1. The number of methoxy groups -OCH3 is 1. The first-order chi connectivity index (χ1) is 11.4. The molecule has 0 aliphatic carbocycles. The lowest BCUT2D eigenvalue weighted by Gasteiger charge is -2.16. The lowest BCUT2D eigenvalue weighted by Crippen LogP contribution is -2.30. The van der Waals surface area contributed by atoms with E-state index in [1.165, 1.54) is 31.0 Å². The molecule has 0 saturated carbocycles. The monoisotopic (exact) mass is 371 g/mol. The van der Waals surface area contributed by atoms with Gasteiger partial charge < -0.3 is 9.64 Å². The molecule has 132 valence electrons. The molecule has 0 aromatic heterocycles. The van der Waals surface area contributed by atoms with Gasteiger partial charge in [-0.1, -0.05) is 18.2 Å². The number of esters is 1. The number of rotatable bonds is 7. The molecule has 8 heteroatoms. The third kappa shape index (κ3) is 5.24. The van der Waals surface area contributed by atoms with Crippen molar-refractivity contribution in [1.82, 2.24) is 4.90 Å². The highest BCUT2D eigenvalue weighted by atomic mass is 32.2. The first-order valence-electron chi connectivity index (χ1n) is 7.66. The highest BCUT2D eigenvalue weighted by molar-refractivity contribution is 8.00. The van der Waals surface area contributed by atoms with Gasteiger partial charge in [-0.05, 0) is 18.6 Å². The Morgan fingerprint density at radius 3 is 2.67 bits per heavy atom. The van der Waals surface area contributed by atoms with Crippen LogP contribution in [0.1, 0.15) is 12.8 Å². The molecule has 0 radical (unpaired) electrons. The van der Waals surface area contributed by atoms with Crippen LogP contribution in [0.5, 0.6) is 0 Å². The van der Waals surface area contributed by atoms with E-state index in [0.717, 1.165) is 6.42 Å². The van der Waals surface area contributed by atoms with Crippen LogP contribution in [-0.4, -0.2) is 62.1 Å². The van der Waals surface area contributed by atoms with E-state index in [0.29, 0.717) is 13.1 Å². The molecule has 1 amide bonds. The summed E-state index contributed by atoms with van der Waals surface area (Å²) in [5.74, 6) is -0.354. The maximum atomic E-state index is 12.2. The third-order valence-corrected chi connectivity index (χ3v) is 6.84. The summed E-state index contributed by atoms with van der Waals surface area (Å²) in [7, 11) is -2.09. The highest BCUT2D eigenvalue weighted by Crippen LogP contribution is 2.23. The molecule has 1 heterocycles. The second kappa shape index (κ2) is 8.53. The Morgan fingerprint density at radius 2 is 2.00 bits per heavy atom.